The van der Waals surface area contributed by atoms with E-state index in [1.807, 2.05) is 36.4 Å². The molecule has 4 aromatic rings. The summed E-state index contributed by atoms with van der Waals surface area (Å²) < 4.78 is 7.89. The van der Waals surface area contributed by atoms with E-state index in [9.17, 15) is 20.0 Å². The van der Waals surface area contributed by atoms with Gasteiger partial charge < -0.3 is 9.84 Å². The minimum Gasteiger partial charge on any atom is -0.502 e. The number of benzene rings is 3. The third-order valence-electron chi connectivity index (χ3n) is 6.85. The van der Waals surface area contributed by atoms with Crippen LogP contribution in [0.1, 0.15) is 34.7 Å². The molecule has 1 N–H and O–H groups in total. The summed E-state index contributed by atoms with van der Waals surface area (Å²) in [5, 5.41) is 22.0. The van der Waals surface area contributed by atoms with Crippen molar-refractivity contribution in [2.45, 2.75) is 18.9 Å². The molecule has 0 spiro atoms. The Hall–Kier alpha value is -4.02. The van der Waals surface area contributed by atoms with Gasteiger partial charge in [-0.3, -0.25) is 19.5 Å². The number of aryl methyl sites for hydroxylation is 1. The van der Waals surface area contributed by atoms with E-state index in [2.05, 4.69) is 28.1 Å². The molecule has 0 unspecified atom stereocenters. The predicted molar refractivity (Wildman–Crippen MR) is 148 cm³/mol. The standard InChI is InChI=1S/C28H20BrN3O5S/c1-37-19-7-4-6-16(12-19)25-21-10-9-15-5-2-3-8-20(15)24(21)30-28-31(25)27(34)23(38-28)13-17-11-18(29)14-22(26(17)33)32(35)36/h2-8,11-14,25,33H,9-10H2,1H3/b23-13-/t25-/m0/s1. The zero-order valence-corrected chi connectivity index (χ0v) is 22.5. The molecule has 190 valence electrons. The maximum atomic E-state index is 13.9. The number of aromatic nitrogens is 1. The zero-order chi connectivity index (χ0) is 26.6. The van der Waals surface area contributed by atoms with Gasteiger partial charge in [0.05, 0.1) is 28.3 Å². The van der Waals surface area contributed by atoms with Crippen LogP contribution in [-0.4, -0.2) is 21.7 Å². The smallest absolute Gasteiger partial charge is 0.312 e. The average molecular weight is 590 g/mol. The molecule has 2 heterocycles. The van der Waals surface area contributed by atoms with Crippen molar-refractivity contribution < 1.29 is 14.8 Å². The molecular weight excluding hydrogens is 570 g/mol. The second-order valence-electron chi connectivity index (χ2n) is 9.01. The van der Waals surface area contributed by atoms with Gasteiger partial charge in [-0.15, -0.1) is 0 Å². The predicted octanol–water partition coefficient (Wildman–Crippen LogP) is 4.70. The van der Waals surface area contributed by atoms with Gasteiger partial charge in [-0.05, 0) is 53.8 Å². The monoisotopic (exact) mass is 589 g/mol. The van der Waals surface area contributed by atoms with E-state index in [4.69, 9.17) is 9.73 Å². The third kappa shape index (κ3) is 3.97. The molecule has 10 heteroatoms. The van der Waals surface area contributed by atoms with E-state index in [1.54, 1.807) is 17.7 Å². The van der Waals surface area contributed by atoms with Crippen molar-refractivity contribution in [2.24, 2.45) is 4.99 Å². The molecule has 0 amide bonds. The Balaban J connectivity index is 1.63. The second-order valence-corrected chi connectivity index (χ2v) is 10.9. The van der Waals surface area contributed by atoms with Crippen LogP contribution in [0.4, 0.5) is 5.69 Å². The summed E-state index contributed by atoms with van der Waals surface area (Å²) >= 11 is 4.45. The van der Waals surface area contributed by atoms with E-state index in [1.165, 1.54) is 29.0 Å². The van der Waals surface area contributed by atoms with Gasteiger partial charge in [0.25, 0.3) is 5.56 Å². The molecule has 8 nitrogen and oxygen atoms in total. The number of fused-ring (bicyclic) bond motifs is 3. The zero-order valence-electron chi connectivity index (χ0n) is 20.1. The number of rotatable bonds is 4. The van der Waals surface area contributed by atoms with Gasteiger partial charge in [0.2, 0.25) is 5.75 Å². The highest BCUT2D eigenvalue weighted by atomic mass is 79.9. The second kappa shape index (κ2) is 9.38. The van der Waals surface area contributed by atoms with Crippen LogP contribution in [0.25, 0.3) is 11.8 Å². The highest BCUT2D eigenvalue weighted by Gasteiger charge is 2.32. The number of aromatic hydroxyl groups is 1. The van der Waals surface area contributed by atoms with Gasteiger partial charge >= 0.3 is 5.69 Å². The lowest BCUT2D eigenvalue weighted by atomic mass is 9.83. The Kier molecular flexibility index (Phi) is 6.00. The average Bonchev–Trinajstić information content (AvgIpc) is 3.23. The molecule has 3 aromatic carbocycles. The maximum Gasteiger partial charge on any atom is 0.312 e. The van der Waals surface area contributed by atoms with Crippen LogP contribution < -0.4 is 19.6 Å². The minimum absolute atomic E-state index is 0.170. The summed E-state index contributed by atoms with van der Waals surface area (Å²) in [7, 11) is 1.61. The summed E-state index contributed by atoms with van der Waals surface area (Å²) in [5.41, 5.74) is 4.53. The van der Waals surface area contributed by atoms with Gasteiger partial charge in [-0.2, -0.15) is 0 Å². The molecule has 0 fully saturated rings. The number of phenols is 1. The Bertz CT molecular complexity index is 1860. The number of hydrogen-bond acceptors (Lipinski definition) is 7. The molecule has 0 bridgehead atoms. The Morgan fingerprint density at radius 3 is 2.79 bits per heavy atom. The van der Waals surface area contributed by atoms with Crippen molar-refractivity contribution in [3.8, 4) is 11.5 Å². The van der Waals surface area contributed by atoms with E-state index in [0.29, 0.717) is 19.6 Å². The van der Waals surface area contributed by atoms with Crippen LogP contribution in [0, 0.1) is 10.1 Å². The van der Waals surface area contributed by atoms with Gasteiger partial charge in [0.1, 0.15) is 5.75 Å². The first-order chi connectivity index (χ1) is 18.4. The quantitative estimate of drug-likeness (QED) is 0.274. The molecular formula is C28H20BrN3O5S. The fraction of sp³-hybridized carbons (Fsp3) is 0.143. The Morgan fingerprint density at radius 2 is 2.00 bits per heavy atom. The summed E-state index contributed by atoms with van der Waals surface area (Å²) in [5.74, 6) is 0.188. The van der Waals surface area contributed by atoms with Gasteiger partial charge in [0.15, 0.2) is 4.80 Å². The number of allylic oxidation sites excluding steroid dienone is 1. The highest BCUT2D eigenvalue weighted by Crippen LogP contribution is 2.41. The van der Waals surface area contributed by atoms with E-state index in [-0.39, 0.29) is 11.1 Å². The number of nitro groups is 1. The number of thiazole rings is 1. The summed E-state index contributed by atoms with van der Waals surface area (Å²) in [6, 6.07) is 18.2. The fourth-order valence-corrected chi connectivity index (χ4v) is 6.59. The van der Waals surface area contributed by atoms with Gasteiger partial charge in [0, 0.05) is 21.7 Å². The van der Waals surface area contributed by atoms with Crippen molar-refractivity contribution in [1.29, 1.82) is 0 Å². The molecule has 2 aliphatic rings. The number of phenolic OH excluding ortho intramolecular Hbond substituents is 1. The van der Waals surface area contributed by atoms with Gasteiger partial charge in [-0.25, -0.2) is 4.99 Å². The summed E-state index contributed by atoms with van der Waals surface area (Å²) in [6.45, 7) is 0. The van der Waals surface area contributed by atoms with E-state index in [0.717, 1.165) is 35.2 Å². The van der Waals surface area contributed by atoms with Crippen LogP contribution in [0.3, 0.4) is 0 Å². The van der Waals surface area contributed by atoms with Crippen LogP contribution >= 0.6 is 27.3 Å². The number of hydrogen-bond donors (Lipinski definition) is 1. The largest absolute Gasteiger partial charge is 0.502 e. The maximum absolute atomic E-state index is 13.9. The van der Waals surface area contributed by atoms with Crippen LogP contribution in [0.2, 0.25) is 0 Å². The van der Waals surface area contributed by atoms with Crippen LogP contribution in [0.5, 0.6) is 11.5 Å². The minimum atomic E-state index is -0.659. The van der Waals surface area contributed by atoms with E-state index >= 15 is 0 Å². The normalized spacial score (nSPS) is 16.4. The van der Waals surface area contributed by atoms with Crippen molar-refractivity contribution in [3.63, 3.8) is 0 Å². The summed E-state index contributed by atoms with van der Waals surface area (Å²) in [4.78, 5) is 30.1. The lowest BCUT2D eigenvalue weighted by Gasteiger charge is -2.31. The van der Waals surface area contributed by atoms with Crippen molar-refractivity contribution >= 4 is 44.7 Å². The van der Waals surface area contributed by atoms with E-state index < -0.39 is 22.4 Å². The molecule has 1 atom stereocenters. The first-order valence-electron chi connectivity index (χ1n) is 11.8. The summed E-state index contributed by atoms with van der Waals surface area (Å²) in [6.07, 6.45) is 3.07. The number of methoxy groups -OCH3 is 1. The molecule has 1 aliphatic heterocycles. The van der Waals surface area contributed by atoms with Crippen LogP contribution in [-0.2, 0) is 6.42 Å². The number of ether oxygens (including phenoxy) is 1. The Labute approximate surface area is 228 Å². The first kappa shape index (κ1) is 24.3. The lowest BCUT2D eigenvalue weighted by Crippen LogP contribution is -2.38. The Morgan fingerprint density at radius 1 is 1.18 bits per heavy atom. The molecule has 0 radical (unpaired) electrons. The van der Waals surface area contributed by atoms with Crippen molar-refractivity contribution in [2.75, 3.05) is 7.11 Å². The molecule has 0 saturated heterocycles. The number of halogens is 1. The van der Waals surface area contributed by atoms with Crippen molar-refractivity contribution in [3.05, 3.63) is 123 Å². The lowest BCUT2D eigenvalue weighted by molar-refractivity contribution is -0.385. The SMILES string of the molecule is COc1cccc([C@H]2C3=C(N=c4s/c(=C\c5cc(Br)cc([N+](=O)[O-])c5O)c(=O)n42)c2ccccc2CC3)c1. The molecule has 0 saturated carbocycles. The first-order valence-corrected chi connectivity index (χ1v) is 13.4. The van der Waals surface area contributed by atoms with Crippen molar-refractivity contribution in [1.82, 2.24) is 4.57 Å². The molecule has 6 rings (SSSR count). The van der Waals surface area contributed by atoms with Gasteiger partial charge in [-0.1, -0.05) is 63.7 Å². The third-order valence-corrected chi connectivity index (χ3v) is 8.29. The topological polar surface area (TPSA) is 107 Å². The number of nitrogens with zero attached hydrogens (tertiary/aromatic N) is 3. The number of nitro benzene ring substituents is 1. The van der Waals surface area contributed by atoms with Crippen LogP contribution in [0.15, 0.2) is 80.5 Å². The fourth-order valence-electron chi connectivity index (χ4n) is 5.13. The molecule has 38 heavy (non-hydrogen) atoms. The highest BCUT2D eigenvalue weighted by molar-refractivity contribution is 9.10. The molecule has 1 aliphatic carbocycles. The molecule has 1 aromatic heterocycles.